The average Bonchev–Trinajstić information content (AvgIpc) is 3.29. The monoisotopic (exact) mass is 408 g/mol. The number of hydrogen-bond acceptors (Lipinski definition) is 6. The van der Waals surface area contributed by atoms with Crippen molar-refractivity contribution in [1.29, 1.82) is 0 Å². The molecule has 7 heteroatoms. The quantitative estimate of drug-likeness (QED) is 0.444. The summed E-state index contributed by atoms with van der Waals surface area (Å²) >= 11 is 0. The van der Waals surface area contributed by atoms with Crippen LogP contribution in [0, 0.1) is 20.8 Å². The average molecular weight is 408 g/mol. The molecule has 0 saturated heterocycles. The van der Waals surface area contributed by atoms with Gasteiger partial charge in [-0.25, -0.2) is 4.98 Å². The number of nitrogens with zero attached hydrogens (tertiary/aromatic N) is 1. The van der Waals surface area contributed by atoms with Crippen molar-refractivity contribution in [3.8, 4) is 11.3 Å². The summed E-state index contributed by atoms with van der Waals surface area (Å²) < 4.78 is 10.8. The fourth-order valence-corrected chi connectivity index (χ4v) is 3.33. The number of Topliss-reactive ketones (excluding diaryl/α,β-unsaturated/α-hetero) is 2. The minimum absolute atomic E-state index is 0.0442. The van der Waals surface area contributed by atoms with E-state index in [1.807, 2.05) is 31.2 Å². The van der Waals surface area contributed by atoms with Crippen LogP contribution >= 0.6 is 0 Å². The summed E-state index contributed by atoms with van der Waals surface area (Å²) in [4.78, 5) is 43.2. The highest BCUT2D eigenvalue weighted by Crippen LogP contribution is 2.22. The fraction of sp³-hybridized carbons (Fsp3) is 0.304. The standard InChI is InChI=1S/C23H24N2O5/c1-13-5-7-17(8-6-13)19-11-24-20(30-19)9-10-21(28)29-12-18(27)23-14(2)22(16(4)26)15(3)25-23/h5-8,11,25H,9-10,12H2,1-4H3. The largest absolute Gasteiger partial charge is 0.457 e. The molecule has 7 nitrogen and oxygen atoms in total. The third-order valence-electron chi connectivity index (χ3n) is 4.87. The van der Waals surface area contributed by atoms with Crippen LogP contribution in [-0.4, -0.2) is 34.1 Å². The maximum absolute atomic E-state index is 12.4. The van der Waals surface area contributed by atoms with E-state index >= 15 is 0 Å². The van der Waals surface area contributed by atoms with E-state index in [0.717, 1.165) is 11.1 Å². The number of oxazole rings is 1. The lowest BCUT2D eigenvalue weighted by Crippen LogP contribution is -2.15. The summed E-state index contributed by atoms with van der Waals surface area (Å²) in [5.41, 5.74) is 4.05. The number of nitrogens with one attached hydrogen (secondary N) is 1. The number of benzene rings is 1. The van der Waals surface area contributed by atoms with Gasteiger partial charge in [0.15, 0.2) is 24.0 Å². The van der Waals surface area contributed by atoms with Gasteiger partial charge in [-0.1, -0.05) is 29.8 Å². The number of carbonyl (C=O) groups is 3. The Balaban J connectivity index is 1.52. The first-order chi connectivity index (χ1) is 14.3. The molecule has 3 aromatic rings. The van der Waals surface area contributed by atoms with Gasteiger partial charge in [0.25, 0.3) is 0 Å². The molecule has 0 radical (unpaired) electrons. The highest BCUT2D eigenvalue weighted by atomic mass is 16.5. The molecule has 0 aliphatic carbocycles. The topological polar surface area (TPSA) is 102 Å². The van der Waals surface area contributed by atoms with Crippen LogP contribution in [0.5, 0.6) is 0 Å². The van der Waals surface area contributed by atoms with E-state index in [0.29, 0.717) is 34.2 Å². The molecule has 0 fully saturated rings. The van der Waals surface area contributed by atoms with Gasteiger partial charge in [0.05, 0.1) is 18.3 Å². The zero-order valence-electron chi connectivity index (χ0n) is 17.5. The van der Waals surface area contributed by atoms with E-state index in [-0.39, 0.29) is 24.4 Å². The summed E-state index contributed by atoms with van der Waals surface area (Å²) in [6.07, 6.45) is 1.94. The SMILES string of the molecule is CC(=O)c1c(C)[nH]c(C(=O)COC(=O)CCc2ncc(-c3ccc(C)cc3)o2)c1C. The number of rotatable bonds is 8. The van der Waals surface area contributed by atoms with E-state index in [1.165, 1.54) is 6.92 Å². The van der Waals surface area contributed by atoms with E-state index in [9.17, 15) is 14.4 Å². The van der Waals surface area contributed by atoms with Crippen molar-refractivity contribution < 1.29 is 23.5 Å². The van der Waals surface area contributed by atoms with Gasteiger partial charge < -0.3 is 14.1 Å². The highest BCUT2D eigenvalue weighted by molar-refractivity contribution is 6.04. The van der Waals surface area contributed by atoms with Gasteiger partial charge in [-0.2, -0.15) is 0 Å². The van der Waals surface area contributed by atoms with E-state index in [2.05, 4.69) is 9.97 Å². The Morgan fingerprint density at radius 2 is 1.80 bits per heavy atom. The fourth-order valence-electron chi connectivity index (χ4n) is 3.33. The Kier molecular flexibility index (Phi) is 6.30. The van der Waals surface area contributed by atoms with Crippen LogP contribution in [0.1, 0.15) is 56.9 Å². The Hall–Kier alpha value is -3.48. The molecular weight excluding hydrogens is 384 g/mol. The molecule has 0 spiro atoms. The first-order valence-corrected chi connectivity index (χ1v) is 9.67. The predicted octanol–water partition coefficient (Wildman–Crippen LogP) is 4.16. The molecule has 2 heterocycles. The predicted molar refractivity (Wildman–Crippen MR) is 111 cm³/mol. The molecule has 0 amide bonds. The molecule has 3 rings (SSSR count). The lowest BCUT2D eigenvalue weighted by atomic mass is 10.1. The molecule has 30 heavy (non-hydrogen) atoms. The van der Waals surface area contributed by atoms with Crippen LogP contribution < -0.4 is 0 Å². The summed E-state index contributed by atoms with van der Waals surface area (Å²) in [6.45, 7) is 6.49. The second kappa shape index (κ2) is 8.90. The summed E-state index contributed by atoms with van der Waals surface area (Å²) in [5.74, 6) is 0.0387. The number of hydrogen-bond donors (Lipinski definition) is 1. The van der Waals surface area contributed by atoms with Crippen LogP contribution in [0.4, 0.5) is 0 Å². The molecule has 1 aromatic carbocycles. The van der Waals surface area contributed by atoms with Gasteiger partial charge >= 0.3 is 5.97 Å². The lowest BCUT2D eigenvalue weighted by Gasteiger charge is -2.04. The van der Waals surface area contributed by atoms with Crippen LogP contribution in [0.15, 0.2) is 34.9 Å². The number of H-pyrrole nitrogens is 1. The van der Waals surface area contributed by atoms with Crippen molar-refractivity contribution in [2.24, 2.45) is 0 Å². The molecule has 2 aromatic heterocycles. The Labute approximate surface area is 174 Å². The summed E-state index contributed by atoms with van der Waals surface area (Å²) in [7, 11) is 0. The van der Waals surface area contributed by atoms with Gasteiger partial charge in [-0.15, -0.1) is 0 Å². The van der Waals surface area contributed by atoms with Gasteiger partial charge in [-0.3, -0.25) is 14.4 Å². The third kappa shape index (κ3) is 4.74. The second-order valence-electron chi connectivity index (χ2n) is 7.25. The first kappa shape index (κ1) is 21.2. The molecule has 0 unspecified atom stereocenters. The van der Waals surface area contributed by atoms with Crippen molar-refractivity contribution in [3.63, 3.8) is 0 Å². The Morgan fingerprint density at radius 1 is 1.10 bits per heavy atom. The van der Waals surface area contributed by atoms with Crippen LogP contribution in [0.2, 0.25) is 0 Å². The zero-order valence-corrected chi connectivity index (χ0v) is 17.5. The molecule has 0 aliphatic rings. The molecule has 0 aliphatic heterocycles. The Bertz CT molecular complexity index is 1090. The maximum atomic E-state index is 12.4. The molecule has 156 valence electrons. The van der Waals surface area contributed by atoms with Gasteiger partial charge in [0.2, 0.25) is 5.78 Å². The number of esters is 1. The minimum atomic E-state index is -0.522. The van der Waals surface area contributed by atoms with Crippen LogP contribution in [0.3, 0.4) is 0 Å². The van der Waals surface area contributed by atoms with Crippen LogP contribution in [-0.2, 0) is 16.0 Å². The number of aromatic nitrogens is 2. The van der Waals surface area contributed by atoms with E-state index in [1.54, 1.807) is 20.0 Å². The molecule has 0 atom stereocenters. The number of aromatic amines is 1. The normalized spacial score (nSPS) is 10.8. The Morgan fingerprint density at radius 3 is 2.43 bits per heavy atom. The summed E-state index contributed by atoms with van der Waals surface area (Å²) in [6, 6.07) is 7.86. The number of ether oxygens (including phenoxy) is 1. The first-order valence-electron chi connectivity index (χ1n) is 9.67. The number of aryl methyl sites for hydroxylation is 3. The molecular formula is C23H24N2O5. The highest BCUT2D eigenvalue weighted by Gasteiger charge is 2.21. The maximum Gasteiger partial charge on any atom is 0.306 e. The van der Waals surface area contributed by atoms with Crippen molar-refractivity contribution in [1.82, 2.24) is 9.97 Å². The van der Waals surface area contributed by atoms with Gasteiger partial charge in [-0.05, 0) is 33.3 Å². The van der Waals surface area contributed by atoms with Crippen molar-refractivity contribution >= 4 is 17.5 Å². The lowest BCUT2D eigenvalue weighted by molar-refractivity contribution is -0.142. The van der Waals surface area contributed by atoms with E-state index < -0.39 is 12.6 Å². The second-order valence-corrected chi connectivity index (χ2v) is 7.25. The van der Waals surface area contributed by atoms with Crippen molar-refractivity contribution in [3.05, 3.63) is 64.4 Å². The van der Waals surface area contributed by atoms with Gasteiger partial charge in [0, 0.05) is 23.2 Å². The number of carbonyl (C=O) groups excluding carboxylic acids is 3. The van der Waals surface area contributed by atoms with E-state index in [4.69, 9.17) is 9.15 Å². The molecule has 1 N–H and O–H groups in total. The molecule has 0 saturated carbocycles. The minimum Gasteiger partial charge on any atom is -0.457 e. The van der Waals surface area contributed by atoms with Crippen molar-refractivity contribution in [2.75, 3.05) is 6.61 Å². The number of ketones is 2. The zero-order chi connectivity index (χ0) is 21.8. The summed E-state index contributed by atoms with van der Waals surface area (Å²) in [5, 5.41) is 0. The third-order valence-corrected chi connectivity index (χ3v) is 4.87. The smallest absolute Gasteiger partial charge is 0.306 e. The molecule has 0 bridgehead atoms. The van der Waals surface area contributed by atoms with Crippen molar-refractivity contribution in [2.45, 2.75) is 40.5 Å². The van der Waals surface area contributed by atoms with Crippen LogP contribution in [0.25, 0.3) is 11.3 Å². The van der Waals surface area contributed by atoms with Gasteiger partial charge in [0.1, 0.15) is 0 Å².